The summed E-state index contributed by atoms with van der Waals surface area (Å²) < 4.78 is 13.9. The third kappa shape index (κ3) is 5.04. The predicted molar refractivity (Wildman–Crippen MR) is 67.1 cm³/mol. The predicted octanol–water partition coefficient (Wildman–Crippen LogP) is 0.519. The number of hydrogen-bond acceptors (Lipinski definition) is 3. The number of benzene rings is 1. The Labute approximate surface area is 116 Å². The maximum Gasteiger partial charge on any atom is 0.322 e. The third-order valence-corrected chi connectivity index (χ3v) is 2.51. The first-order chi connectivity index (χ1) is 8.90. The Bertz CT molecular complexity index is 521. The fraction of sp³-hybridized carbons (Fsp3) is 0.182. The van der Waals surface area contributed by atoms with E-state index in [1.54, 1.807) is 0 Å². The van der Waals surface area contributed by atoms with Gasteiger partial charge in [-0.3, -0.25) is 14.4 Å². The van der Waals surface area contributed by atoms with E-state index >= 15 is 0 Å². The van der Waals surface area contributed by atoms with Crippen LogP contribution in [0.3, 0.4) is 0 Å². The SMILES string of the molecule is O=C(O)CNC(=O)CNC(=O)c1cc(Br)ccc1F. The van der Waals surface area contributed by atoms with Gasteiger partial charge in [-0.05, 0) is 18.2 Å². The van der Waals surface area contributed by atoms with Gasteiger partial charge < -0.3 is 15.7 Å². The summed E-state index contributed by atoms with van der Waals surface area (Å²) in [5.74, 6) is -3.35. The molecule has 1 aromatic carbocycles. The van der Waals surface area contributed by atoms with E-state index in [4.69, 9.17) is 5.11 Å². The van der Waals surface area contributed by atoms with Crippen LogP contribution in [0.5, 0.6) is 0 Å². The molecule has 0 bridgehead atoms. The van der Waals surface area contributed by atoms with Gasteiger partial charge in [0.25, 0.3) is 5.91 Å². The van der Waals surface area contributed by atoms with Gasteiger partial charge in [0.15, 0.2) is 0 Å². The molecule has 8 heteroatoms. The molecule has 0 saturated heterocycles. The van der Waals surface area contributed by atoms with E-state index in [9.17, 15) is 18.8 Å². The van der Waals surface area contributed by atoms with Crippen molar-refractivity contribution in [3.05, 3.63) is 34.1 Å². The Morgan fingerprint density at radius 1 is 1.21 bits per heavy atom. The van der Waals surface area contributed by atoms with Gasteiger partial charge in [-0.2, -0.15) is 0 Å². The normalized spacial score (nSPS) is 9.79. The van der Waals surface area contributed by atoms with E-state index in [2.05, 4.69) is 26.6 Å². The van der Waals surface area contributed by atoms with Crippen molar-refractivity contribution in [2.75, 3.05) is 13.1 Å². The average molecular weight is 333 g/mol. The van der Waals surface area contributed by atoms with E-state index in [0.29, 0.717) is 4.47 Å². The minimum absolute atomic E-state index is 0.208. The number of amides is 2. The molecular formula is C11H10BrFN2O4. The second kappa shape index (κ2) is 6.83. The van der Waals surface area contributed by atoms with Crippen LogP contribution in [0.25, 0.3) is 0 Å². The van der Waals surface area contributed by atoms with Crippen molar-refractivity contribution in [1.29, 1.82) is 0 Å². The molecule has 0 aliphatic rings. The Balaban J connectivity index is 2.53. The lowest BCUT2D eigenvalue weighted by atomic mass is 10.2. The van der Waals surface area contributed by atoms with Gasteiger partial charge in [0.2, 0.25) is 5.91 Å². The molecule has 0 radical (unpaired) electrons. The van der Waals surface area contributed by atoms with Crippen molar-refractivity contribution in [1.82, 2.24) is 10.6 Å². The number of aliphatic carboxylic acids is 1. The summed E-state index contributed by atoms with van der Waals surface area (Å²) in [5.41, 5.74) is -0.208. The van der Waals surface area contributed by atoms with Crippen LogP contribution in [-0.4, -0.2) is 36.0 Å². The molecule has 19 heavy (non-hydrogen) atoms. The van der Waals surface area contributed by atoms with E-state index in [0.717, 1.165) is 6.07 Å². The van der Waals surface area contributed by atoms with Crippen molar-refractivity contribution in [2.24, 2.45) is 0 Å². The van der Waals surface area contributed by atoms with Crippen molar-refractivity contribution in [3.8, 4) is 0 Å². The molecule has 0 atom stereocenters. The summed E-state index contributed by atoms with van der Waals surface area (Å²) in [4.78, 5) is 32.9. The highest BCUT2D eigenvalue weighted by Crippen LogP contribution is 2.15. The highest BCUT2D eigenvalue weighted by atomic mass is 79.9. The minimum atomic E-state index is -1.20. The van der Waals surface area contributed by atoms with Gasteiger partial charge in [-0.1, -0.05) is 15.9 Å². The summed E-state index contributed by atoms with van der Waals surface area (Å²) in [7, 11) is 0. The summed E-state index contributed by atoms with van der Waals surface area (Å²) >= 11 is 3.09. The molecule has 0 spiro atoms. The molecule has 0 heterocycles. The van der Waals surface area contributed by atoms with Crippen molar-refractivity contribution in [2.45, 2.75) is 0 Å². The van der Waals surface area contributed by atoms with Crippen LogP contribution in [0.2, 0.25) is 0 Å². The molecule has 0 fully saturated rings. The maximum atomic E-state index is 13.3. The van der Waals surface area contributed by atoms with Gasteiger partial charge in [-0.25, -0.2) is 4.39 Å². The zero-order chi connectivity index (χ0) is 14.4. The Morgan fingerprint density at radius 3 is 2.53 bits per heavy atom. The van der Waals surface area contributed by atoms with Gasteiger partial charge >= 0.3 is 5.97 Å². The molecule has 1 aromatic rings. The molecular weight excluding hydrogens is 323 g/mol. The summed E-state index contributed by atoms with van der Waals surface area (Å²) in [6, 6.07) is 3.83. The molecule has 102 valence electrons. The molecule has 0 saturated carbocycles. The number of carbonyl (C=O) groups is 3. The van der Waals surface area contributed by atoms with E-state index < -0.39 is 36.7 Å². The van der Waals surface area contributed by atoms with Gasteiger partial charge in [0.1, 0.15) is 12.4 Å². The summed E-state index contributed by atoms with van der Waals surface area (Å²) in [5, 5.41) is 12.6. The van der Waals surface area contributed by atoms with E-state index in [1.807, 2.05) is 0 Å². The molecule has 6 nitrogen and oxygen atoms in total. The number of carboxylic acids is 1. The van der Waals surface area contributed by atoms with Gasteiger partial charge in [-0.15, -0.1) is 0 Å². The lowest BCUT2D eigenvalue weighted by Crippen LogP contribution is -2.39. The third-order valence-electron chi connectivity index (χ3n) is 2.02. The fourth-order valence-electron chi connectivity index (χ4n) is 1.16. The standard InChI is InChI=1S/C11H10BrFN2O4/c12-6-1-2-8(13)7(3-6)11(19)15-4-9(16)14-5-10(17)18/h1-3H,4-5H2,(H,14,16)(H,15,19)(H,17,18). The Kier molecular flexibility index (Phi) is 5.43. The van der Waals surface area contributed by atoms with Gasteiger partial charge in [0, 0.05) is 4.47 Å². The highest BCUT2D eigenvalue weighted by Gasteiger charge is 2.13. The second-order valence-electron chi connectivity index (χ2n) is 3.48. The molecule has 0 unspecified atom stereocenters. The van der Waals surface area contributed by atoms with Gasteiger partial charge in [0.05, 0.1) is 12.1 Å². The largest absolute Gasteiger partial charge is 0.480 e. The van der Waals surface area contributed by atoms with Crippen LogP contribution in [0, 0.1) is 5.82 Å². The van der Waals surface area contributed by atoms with Crippen LogP contribution in [0.4, 0.5) is 4.39 Å². The van der Waals surface area contributed by atoms with Crippen LogP contribution < -0.4 is 10.6 Å². The van der Waals surface area contributed by atoms with Crippen LogP contribution in [0.15, 0.2) is 22.7 Å². The summed E-state index contributed by atoms with van der Waals surface area (Å²) in [6.45, 7) is -0.974. The monoisotopic (exact) mass is 332 g/mol. The first-order valence-electron chi connectivity index (χ1n) is 5.12. The quantitative estimate of drug-likeness (QED) is 0.732. The molecule has 3 N–H and O–H groups in total. The zero-order valence-corrected chi connectivity index (χ0v) is 11.2. The first kappa shape index (κ1) is 15.1. The summed E-state index contributed by atoms with van der Waals surface area (Å²) in [6.07, 6.45) is 0. The number of rotatable bonds is 5. The Morgan fingerprint density at radius 2 is 1.89 bits per heavy atom. The van der Waals surface area contributed by atoms with Crippen LogP contribution in [-0.2, 0) is 9.59 Å². The maximum absolute atomic E-state index is 13.3. The van der Waals surface area contributed by atoms with Crippen molar-refractivity contribution < 1.29 is 23.9 Å². The topological polar surface area (TPSA) is 95.5 Å². The zero-order valence-electron chi connectivity index (χ0n) is 9.57. The highest BCUT2D eigenvalue weighted by molar-refractivity contribution is 9.10. The second-order valence-corrected chi connectivity index (χ2v) is 4.39. The molecule has 2 amide bonds. The van der Waals surface area contributed by atoms with Crippen LogP contribution >= 0.6 is 15.9 Å². The van der Waals surface area contributed by atoms with Crippen LogP contribution in [0.1, 0.15) is 10.4 Å². The fourth-order valence-corrected chi connectivity index (χ4v) is 1.53. The number of carboxylic acid groups (broad SMARTS) is 1. The number of nitrogens with one attached hydrogen (secondary N) is 2. The number of carbonyl (C=O) groups excluding carboxylic acids is 2. The lowest BCUT2D eigenvalue weighted by molar-refractivity contribution is -0.137. The van der Waals surface area contributed by atoms with E-state index in [1.165, 1.54) is 12.1 Å². The van der Waals surface area contributed by atoms with E-state index in [-0.39, 0.29) is 5.56 Å². The molecule has 1 rings (SSSR count). The molecule has 0 aliphatic heterocycles. The van der Waals surface area contributed by atoms with Crippen molar-refractivity contribution >= 4 is 33.7 Å². The number of halogens is 2. The Hall–Kier alpha value is -1.96. The number of hydrogen-bond donors (Lipinski definition) is 3. The average Bonchev–Trinajstić information content (AvgIpc) is 2.36. The molecule has 0 aliphatic carbocycles. The lowest BCUT2D eigenvalue weighted by Gasteiger charge is -2.06. The molecule has 0 aromatic heterocycles. The smallest absolute Gasteiger partial charge is 0.322 e. The minimum Gasteiger partial charge on any atom is -0.480 e. The van der Waals surface area contributed by atoms with Crippen molar-refractivity contribution in [3.63, 3.8) is 0 Å². The first-order valence-corrected chi connectivity index (χ1v) is 5.91.